The maximum Gasteiger partial charge on any atom is 0.233 e. The molecule has 0 saturated carbocycles. The molecule has 7 nitrogen and oxygen atoms in total. The Labute approximate surface area is 196 Å². The molecule has 1 aromatic heterocycles. The fraction of sp³-hybridized carbons (Fsp3) is 0.348. The lowest BCUT2D eigenvalue weighted by atomic mass is 10.2. The summed E-state index contributed by atoms with van der Waals surface area (Å²) in [5.41, 5.74) is 0.893. The Bertz CT molecular complexity index is 1040. The third-order valence-corrected chi connectivity index (χ3v) is 6.44. The van der Waals surface area contributed by atoms with E-state index < -0.39 is 0 Å². The Morgan fingerprint density at radius 2 is 2.03 bits per heavy atom. The first-order valence-corrected chi connectivity index (χ1v) is 11.8. The van der Waals surface area contributed by atoms with E-state index in [2.05, 4.69) is 15.5 Å². The first-order valence-electron chi connectivity index (χ1n) is 10.5. The van der Waals surface area contributed by atoms with Crippen LogP contribution in [0.1, 0.15) is 25.6 Å². The largest absolute Gasteiger partial charge is 0.484 e. The van der Waals surface area contributed by atoms with Crippen molar-refractivity contribution in [1.82, 2.24) is 20.1 Å². The Hall–Kier alpha value is -2.55. The van der Waals surface area contributed by atoms with Crippen LogP contribution in [0.25, 0.3) is 5.69 Å². The van der Waals surface area contributed by atoms with E-state index in [1.807, 2.05) is 60.0 Å². The van der Waals surface area contributed by atoms with Crippen LogP contribution in [0.2, 0.25) is 5.02 Å². The second kappa shape index (κ2) is 10.8. The van der Waals surface area contributed by atoms with Gasteiger partial charge in [-0.1, -0.05) is 53.7 Å². The lowest BCUT2D eigenvalue weighted by molar-refractivity contribution is -0.120. The van der Waals surface area contributed by atoms with Crippen LogP contribution in [-0.4, -0.2) is 45.2 Å². The van der Waals surface area contributed by atoms with E-state index in [9.17, 15) is 4.79 Å². The van der Waals surface area contributed by atoms with E-state index in [0.717, 1.165) is 25.1 Å². The molecule has 0 unspecified atom stereocenters. The third-order valence-electron chi connectivity index (χ3n) is 5.09. The first kappa shape index (κ1) is 22.6. The predicted octanol–water partition coefficient (Wildman–Crippen LogP) is 4.28. The molecule has 0 radical (unpaired) electrons. The zero-order valence-electron chi connectivity index (χ0n) is 17.7. The van der Waals surface area contributed by atoms with Crippen LogP contribution in [-0.2, 0) is 16.1 Å². The zero-order chi connectivity index (χ0) is 22.3. The molecule has 1 N–H and O–H groups in total. The molecule has 0 bridgehead atoms. The van der Waals surface area contributed by atoms with E-state index in [1.54, 1.807) is 6.07 Å². The molecule has 4 rings (SSSR count). The number of aromatic nitrogens is 3. The Balaban J connectivity index is 1.48. The minimum Gasteiger partial charge on any atom is -0.484 e. The lowest BCUT2D eigenvalue weighted by Gasteiger charge is -2.16. The third kappa shape index (κ3) is 5.62. The smallest absolute Gasteiger partial charge is 0.233 e. The van der Waals surface area contributed by atoms with Crippen molar-refractivity contribution in [3.8, 4) is 11.4 Å². The predicted molar refractivity (Wildman–Crippen MR) is 124 cm³/mol. The fourth-order valence-electron chi connectivity index (χ4n) is 3.39. The fourth-order valence-corrected chi connectivity index (χ4v) is 4.49. The highest BCUT2D eigenvalue weighted by molar-refractivity contribution is 8.00. The van der Waals surface area contributed by atoms with Crippen molar-refractivity contribution < 1.29 is 14.3 Å². The summed E-state index contributed by atoms with van der Waals surface area (Å²) < 4.78 is 13.4. The van der Waals surface area contributed by atoms with Gasteiger partial charge < -0.3 is 14.8 Å². The number of thioether (sulfide) groups is 1. The zero-order valence-corrected chi connectivity index (χ0v) is 19.3. The number of hydrogen-bond acceptors (Lipinski definition) is 6. The van der Waals surface area contributed by atoms with Crippen molar-refractivity contribution in [3.05, 3.63) is 65.4 Å². The van der Waals surface area contributed by atoms with Gasteiger partial charge in [0.15, 0.2) is 11.0 Å². The second-order valence-corrected chi connectivity index (χ2v) is 9.14. The first-order chi connectivity index (χ1) is 15.6. The molecule has 3 aromatic rings. The molecule has 0 aliphatic carbocycles. The Morgan fingerprint density at radius 1 is 1.25 bits per heavy atom. The molecule has 1 amide bonds. The van der Waals surface area contributed by atoms with Crippen molar-refractivity contribution in [2.45, 2.75) is 42.9 Å². The summed E-state index contributed by atoms with van der Waals surface area (Å²) in [5, 5.41) is 12.5. The summed E-state index contributed by atoms with van der Waals surface area (Å²) in [6.45, 7) is 3.35. The van der Waals surface area contributed by atoms with Gasteiger partial charge in [-0.25, -0.2) is 0 Å². The molecule has 32 heavy (non-hydrogen) atoms. The van der Waals surface area contributed by atoms with Gasteiger partial charge in [0.05, 0.1) is 16.4 Å². The lowest BCUT2D eigenvalue weighted by Crippen LogP contribution is -2.36. The van der Waals surface area contributed by atoms with E-state index in [4.69, 9.17) is 21.1 Å². The van der Waals surface area contributed by atoms with Gasteiger partial charge >= 0.3 is 0 Å². The number of benzene rings is 2. The summed E-state index contributed by atoms with van der Waals surface area (Å²) in [7, 11) is 0. The highest BCUT2D eigenvalue weighted by atomic mass is 35.5. The number of halogens is 1. The van der Waals surface area contributed by atoms with Crippen molar-refractivity contribution >= 4 is 29.3 Å². The molecule has 1 fully saturated rings. The highest BCUT2D eigenvalue weighted by Gasteiger charge is 2.23. The quantitative estimate of drug-likeness (QED) is 0.468. The van der Waals surface area contributed by atoms with Gasteiger partial charge in [0.1, 0.15) is 12.4 Å². The summed E-state index contributed by atoms with van der Waals surface area (Å²) in [6, 6.07) is 17.1. The van der Waals surface area contributed by atoms with Gasteiger partial charge in [-0.2, -0.15) is 0 Å². The summed E-state index contributed by atoms with van der Waals surface area (Å²) >= 11 is 7.56. The number of hydrogen-bond donors (Lipinski definition) is 1. The SMILES string of the molecule is C[C@@H](Sc1nnc(COc2ccccc2Cl)n1-c1ccccc1)C(=O)NC[C@H]1CCCO1. The maximum absolute atomic E-state index is 12.6. The average molecular weight is 473 g/mol. The van der Waals surface area contributed by atoms with Crippen LogP contribution in [0.15, 0.2) is 59.8 Å². The molecule has 2 aromatic carbocycles. The molecule has 1 aliphatic rings. The van der Waals surface area contributed by atoms with Gasteiger partial charge in [0.25, 0.3) is 0 Å². The normalized spacial score (nSPS) is 16.6. The van der Waals surface area contributed by atoms with Crippen molar-refractivity contribution in [3.63, 3.8) is 0 Å². The van der Waals surface area contributed by atoms with Crippen LogP contribution in [0.4, 0.5) is 0 Å². The molecular weight excluding hydrogens is 448 g/mol. The molecule has 9 heteroatoms. The highest BCUT2D eigenvalue weighted by Crippen LogP contribution is 2.28. The summed E-state index contributed by atoms with van der Waals surface area (Å²) in [5.74, 6) is 1.14. The molecule has 0 spiro atoms. The minimum atomic E-state index is -0.347. The molecule has 2 atom stereocenters. The number of amides is 1. The molecular formula is C23H25ClN4O3S. The van der Waals surface area contributed by atoms with Crippen LogP contribution < -0.4 is 10.1 Å². The number of carbonyl (C=O) groups excluding carboxylic acids is 1. The minimum absolute atomic E-state index is 0.0537. The number of ether oxygens (including phenoxy) is 2. The standard InChI is InChI=1S/C23H25ClN4O3S/c1-16(22(29)25-14-18-10-7-13-30-18)32-23-27-26-21(28(23)17-8-3-2-4-9-17)15-31-20-12-6-5-11-19(20)24/h2-6,8-9,11-12,16,18H,7,10,13-15H2,1H3,(H,25,29)/t16-,18-/m1/s1. The molecule has 168 valence electrons. The number of para-hydroxylation sites is 2. The van der Waals surface area contributed by atoms with Gasteiger partial charge in [-0.15, -0.1) is 10.2 Å². The Morgan fingerprint density at radius 3 is 2.78 bits per heavy atom. The maximum atomic E-state index is 12.6. The molecule has 1 saturated heterocycles. The van der Waals surface area contributed by atoms with E-state index >= 15 is 0 Å². The van der Waals surface area contributed by atoms with E-state index in [1.165, 1.54) is 11.8 Å². The summed E-state index contributed by atoms with van der Waals surface area (Å²) in [4.78, 5) is 12.6. The monoisotopic (exact) mass is 472 g/mol. The Kier molecular flexibility index (Phi) is 7.68. The van der Waals surface area contributed by atoms with E-state index in [0.29, 0.717) is 28.3 Å². The second-order valence-electron chi connectivity index (χ2n) is 7.43. The van der Waals surface area contributed by atoms with Crippen LogP contribution in [0.3, 0.4) is 0 Å². The van der Waals surface area contributed by atoms with Crippen LogP contribution in [0.5, 0.6) is 5.75 Å². The van der Waals surface area contributed by atoms with Gasteiger partial charge in [-0.3, -0.25) is 9.36 Å². The van der Waals surface area contributed by atoms with Crippen LogP contribution >= 0.6 is 23.4 Å². The number of rotatable bonds is 9. The average Bonchev–Trinajstić information content (AvgIpc) is 3.47. The topological polar surface area (TPSA) is 78.3 Å². The molecule has 2 heterocycles. The molecule has 1 aliphatic heterocycles. The van der Waals surface area contributed by atoms with E-state index in [-0.39, 0.29) is 23.9 Å². The number of nitrogens with one attached hydrogen (secondary N) is 1. The summed E-state index contributed by atoms with van der Waals surface area (Å²) in [6.07, 6.45) is 2.14. The number of carbonyl (C=O) groups is 1. The van der Waals surface area contributed by atoms with Crippen molar-refractivity contribution in [2.75, 3.05) is 13.2 Å². The van der Waals surface area contributed by atoms with Gasteiger partial charge in [0.2, 0.25) is 5.91 Å². The number of nitrogens with zero attached hydrogens (tertiary/aromatic N) is 3. The van der Waals surface area contributed by atoms with Crippen LogP contribution in [0, 0.1) is 0 Å². The van der Waals surface area contributed by atoms with Gasteiger partial charge in [0, 0.05) is 18.8 Å². The van der Waals surface area contributed by atoms with Crippen molar-refractivity contribution in [2.24, 2.45) is 0 Å². The van der Waals surface area contributed by atoms with Crippen molar-refractivity contribution in [1.29, 1.82) is 0 Å². The van der Waals surface area contributed by atoms with Gasteiger partial charge in [-0.05, 0) is 44.0 Å².